The molecule has 166 valence electrons. The van der Waals surface area contributed by atoms with E-state index in [1.807, 2.05) is 24.3 Å². The average Bonchev–Trinajstić information content (AvgIpc) is 2.77. The Morgan fingerprint density at radius 3 is 2.71 bits per heavy atom. The van der Waals surface area contributed by atoms with Gasteiger partial charge in [0.15, 0.2) is 0 Å². The maximum atomic E-state index is 13.0. The van der Waals surface area contributed by atoms with Crippen molar-refractivity contribution in [2.75, 3.05) is 25.0 Å². The van der Waals surface area contributed by atoms with Crippen LogP contribution in [0.3, 0.4) is 0 Å². The minimum absolute atomic E-state index is 0.0485. The van der Waals surface area contributed by atoms with Gasteiger partial charge in [0, 0.05) is 19.6 Å². The Bertz CT molecular complexity index is 919. The number of nitrogens with zero attached hydrogens (tertiary/aromatic N) is 1. The Kier molecular flexibility index (Phi) is 8.76. The maximum absolute atomic E-state index is 13.0. The van der Waals surface area contributed by atoms with Crippen LogP contribution >= 0.6 is 23.2 Å². The van der Waals surface area contributed by atoms with E-state index in [2.05, 4.69) is 22.5 Å². The second-order valence-corrected chi connectivity index (χ2v) is 8.78. The topological polar surface area (TPSA) is 61.4 Å². The summed E-state index contributed by atoms with van der Waals surface area (Å²) < 4.78 is 0. The zero-order valence-electron chi connectivity index (χ0n) is 17.8. The van der Waals surface area contributed by atoms with Crippen LogP contribution in [0.2, 0.25) is 10.0 Å². The summed E-state index contributed by atoms with van der Waals surface area (Å²) in [5, 5.41) is 6.99. The summed E-state index contributed by atoms with van der Waals surface area (Å²) in [6.07, 6.45) is 3.71. The zero-order chi connectivity index (χ0) is 22.2. The number of likely N-dealkylation sites (tertiary alicyclic amines) is 1. The molecular weight excluding hydrogens is 433 g/mol. The number of amides is 2. The summed E-state index contributed by atoms with van der Waals surface area (Å²) in [6, 6.07) is 12.8. The Labute approximate surface area is 194 Å². The van der Waals surface area contributed by atoms with Crippen molar-refractivity contribution in [3.8, 4) is 0 Å². The van der Waals surface area contributed by atoms with Crippen molar-refractivity contribution in [3.05, 3.63) is 63.6 Å². The number of hydrogen-bond acceptors (Lipinski definition) is 3. The van der Waals surface area contributed by atoms with E-state index >= 15 is 0 Å². The average molecular weight is 462 g/mol. The highest BCUT2D eigenvalue weighted by atomic mass is 35.5. The molecule has 0 bridgehead atoms. The van der Waals surface area contributed by atoms with Gasteiger partial charge in [-0.1, -0.05) is 54.7 Å². The Morgan fingerprint density at radius 1 is 1.13 bits per heavy atom. The molecule has 0 spiro atoms. The van der Waals surface area contributed by atoms with Crippen LogP contribution in [0.4, 0.5) is 5.69 Å². The Morgan fingerprint density at radius 2 is 1.94 bits per heavy atom. The van der Waals surface area contributed by atoms with E-state index in [-0.39, 0.29) is 17.7 Å². The molecule has 1 fully saturated rings. The van der Waals surface area contributed by atoms with Crippen molar-refractivity contribution in [1.82, 2.24) is 10.2 Å². The molecule has 1 heterocycles. The molecule has 1 unspecified atom stereocenters. The fourth-order valence-corrected chi connectivity index (χ4v) is 4.13. The first kappa shape index (κ1) is 23.6. The Balaban J connectivity index is 1.61. The van der Waals surface area contributed by atoms with Gasteiger partial charge >= 0.3 is 0 Å². The van der Waals surface area contributed by atoms with Crippen molar-refractivity contribution in [2.24, 2.45) is 5.92 Å². The van der Waals surface area contributed by atoms with E-state index in [1.165, 1.54) is 0 Å². The molecule has 2 amide bonds. The number of piperidine rings is 1. The van der Waals surface area contributed by atoms with Crippen LogP contribution in [0.25, 0.3) is 0 Å². The van der Waals surface area contributed by atoms with Gasteiger partial charge in [-0.15, -0.1) is 0 Å². The molecule has 31 heavy (non-hydrogen) atoms. The normalized spacial score (nSPS) is 16.7. The summed E-state index contributed by atoms with van der Waals surface area (Å²) in [5.74, 6) is -0.338. The zero-order valence-corrected chi connectivity index (χ0v) is 19.3. The third-order valence-corrected chi connectivity index (χ3v) is 6.25. The number of para-hydroxylation sites is 1. The maximum Gasteiger partial charge on any atom is 0.253 e. The Hall–Kier alpha value is -2.08. The monoisotopic (exact) mass is 461 g/mol. The van der Waals surface area contributed by atoms with Crippen molar-refractivity contribution in [1.29, 1.82) is 0 Å². The molecule has 1 aliphatic rings. The summed E-state index contributed by atoms with van der Waals surface area (Å²) in [5.41, 5.74) is 2.13. The molecule has 0 radical (unpaired) electrons. The fraction of sp³-hybridized carbons (Fsp3) is 0.417. The van der Waals surface area contributed by atoms with Crippen LogP contribution in [-0.2, 0) is 11.3 Å². The highest BCUT2D eigenvalue weighted by Gasteiger charge is 2.26. The summed E-state index contributed by atoms with van der Waals surface area (Å²) in [6.45, 7) is 5.02. The van der Waals surface area contributed by atoms with Gasteiger partial charge < -0.3 is 10.6 Å². The number of carbonyl (C=O) groups is 2. The SMILES string of the molecule is CCCCNC(=O)c1ccccc1NC(=O)C1CCCN(Cc2ccc(Cl)c(Cl)c2)C1. The molecule has 7 heteroatoms. The molecule has 3 rings (SSSR count). The molecule has 5 nitrogen and oxygen atoms in total. The highest BCUT2D eigenvalue weighted by molar-refractivity contribution is 6.42. The first-order valence-corrected chi connectivity index (χ1v) is 11.6. The third-order valence-electron chi connectivity index (χ3n) is 5.51. The van der Waals surface area contributed by atoms with Gasteiger partial charge in [-0.05, 0) is 55.6 Å². The van der Waals surface area contributed by atoms with Crippen LogP contribution in [0.1, 0.15) is 48.5 Å². The first-order valence-electron chi connectivity index (χ1n) is 10.8. The van der Waals surface area contributed by atoms with Gasteiger partial charge in [-0.2, -0.15) is 0 Å². The van der Waals surface area contributed by atoms with Gasteiger partial charge in [-0.3, -0.25) is 14.5 Å². The van der Waals surface area contributed by atoms with Gasteiger partial charge in [0.05, 0.1) is 27.2 Å². The van der Waals surface area contributed by atoms with Crippen molar-refractivity contribution < 1.29 is 9.59 Å². The van der Waals surface area contributed by atoms with Crippen molar-refractivity contribution >= 4 is 40.7 Å². The molecule has 1 atom stereocenters. The predicted octanol–water partition coefficient (Wildman–Crippen LogP) is 5.37. The second kappa shape index (κ2) is 11.5. The molecular formula is C24H29Cl2N3O2. The van der Waals surface area contributed by atoms with Crippen LogP contribution in [0, 0.1) is 5.92 Å². The van der Waals surface area contributed by atoms with Gasteiger partial charge in [0.2, 0.25) is 5.91 Å². The van der Waals surface area contributed by atoms with Crippen LogP contribution < -0.4 is 10.6 Å². The lowest BCUT2D eigenvalue weighted by atomic mass is 9.96. The molecule has 2 N–H and O–H groups in total. The number of halogens is 2. The number of carbonyl (C=O) groups excluding carboxylic acids is 2. The number of anilines is 1. The smallest absolute Gasteiger partial charge is 0.253 e. The van der Waals surface area contributed by atoms with Gasteiger partial charge in [-0.25, -0.2) is 0 Å². The van der Waals surface area contributed by atoms with E-state index in [9.17, 15) is 9.59 Å². The molecule has 0 saturated carbocycles. The largest absolute Gasteiger partial charge is 0.352 e. The van der Waals surface area contributed by atoms with E-state index < -0.39 is 0 Å². The lowest BCUT2D eigenvalue weighted by Crippen LogP contribution is -2.40. The molecule has 1 saturated heterocycles. The molecule has 2 aromatic rings. The third kappa shape index (κ3) is 6.70. The first-order chi connectivity index (χ1) is 15.0. The molecule has 0 aromatic heterocycles. The molecule has 0 aliphatic carbocycles. The van der Waals surface area contributed by atoms with Crippen molar-refractivity contribution in [3.63, 3.8) is 0 Å². The van der Waals surface area contributed by atoms with Crippen LogP contribution in [0.5, 0.6) is 0 Å². The number of rotatable bonds is 8. The highest BCUT2D eigenvalue weighted by Crippen LogP contribution is 2.25. The summed E-state index contributed by atoms with van der Waals surface area (Å²) in [7, 11) is 0. The lowest BCUT2D eigenvalue weighted by molar-refractivity contribution is -0.121. The number of unbranched alkanes of at least 4 members (excludes halogenated alkanes) is 1. The predicted molar refractivity (Wildman–Crippen MR) is 127 cm³/mol. The van der Waals surface area contributed by atoms with Gasteiger partial charge in [0.1, 0.15) is 0 Å². The van der Waals surface area contributed by atoms with Crippen LogP contribution in [0.15, 0.2) is 42.5 Å². The standard InChI is InChI=1S/C24H29Cl2N3O2/c1-2-3-12-27-24(31)19-8-4-5-9-22(19)28-23(30)18-7-6-13-29(16-18)15-17-10-11-20(25)21(26)14-17/h4-5,8-11,14,18H,2-3,6-7,12-13,15-16H2,1H3,(H,27,31)(H,28,30). The minimum Gasteiger partial charge on any atom is -0.352 e. The molecule has 1 aliphatic heterocycles. The molecule has 2 aromatic carbocycles. The van der Waals surface area contributed by atoms with E-state index in [0.29, 0.717) is 34.4 Å². The minimum atomic E-state index is -0.158. The summed E-state index contributed by atoms with van der Waals surface area (Å²) in [4.78, 5) is 27.8. The second-order valence-electron chi connectivity index (χ2n) is 7.97. The quantitative estimate of drug-likeness (QED) is 0.519. The van der Waals surface area contributed by atoms with Crippen LogP contribution in [-0.4, -0.2) is 36.3 Å². The number of hydrogen-bond donors (Lipinski definition) is 2. The van der Waals surface area contributed by atoms with E-state index in [4.69, 9.17) is 23.2 Å². The lowest BCUT2D eigenvalue weighted by Gasteiger charge is -2.32. The number of nitrogens with one attached hydrogen (secondary N) is 2. The summed E-state index contributed by atoms with van der Waals surface area (Å²) >= 11 is 12.1. The fourth-order valence-electron chi connectivity index (χ4n) is 3.81. The number of benzene rings is 2. The van der Waals surface area contributed by atoms with E-state index in [1.54, 1.807) is 18.2 Å². The van der Waals surface area contributed by atoms with Crippen molar-refractivity contribution in [2.45, 2.75) is 39.2 Å². The van der Waals surface area contributed by atoms with Gasteiger partial charge in [0.25, 0.3) is 5.91 Å². The van der Waals surface area contributed by atoms with E-state index in [0.717, 1.165) is 44.3 Å².